The fourth-order valence-electron chi connectivity index (χ4n) is 1.86. The Balaban J connectivity index is 2.09. The Kier molecular flexibility index (Phi) is 3.89. The average Bonchev–Trinajstić information content (AvgIpc) is 2.82. The molecule has 0 saturated carbocycles. The topological polar surface area (TPSA) is 131 Å². The third-order valence-corrected chi connectivity index (χ3v) is 6.04. The van der Waals surface area contributed by atoms with E-state index in [0.717, 1.165) is 12.1 Å². The van der Waals surface area contributed by atoms with E-state index in [4.69, 9.17) is 9.52 Å². The normalized spacial score (nSPS) is 19.8. The summed E-state index contributed by atoms with van der Waals surface area (Å²) in [6.45, 7) is 0. The second-order valence-electron chi connectivity index (χ2n) is 4.47. The number of rotatable bonds is 4. The van der Waals surface area contributed by atoms with Crippen molar-refractivity contribution in [2.75, 3.05) is 11.5 Å². The number of nitrogens with one attached hydrogen (secondary N) is 1. The van der Waals surface area contributed by atoms with Gasteiger partial charge in [-0.2, -0.15) is 0 Å². The van der Waals surface area contributed by atoms with Crippen molar-refractivity contribution in [3.05, 3.63) is 17.9 Å². The van der Waals surface area contributed by atoms with Crippen molar-refractivity contribution in [2.24, 2.45) is 0 Å². The van der Waals surface area contributed by atoms with Gasteiger partial charge in [-0.1, -0.05) is 0 Å². The lowest BCUT2D eigenvalue weighted by molar-refractivity contribution is 0.0656. The SMILES string of the molecule is O=C(O)c1ccc(S(=O)(=O)NC2CCS(=O)(=O)CC2)o1. The Morgan fingerprint density at radius 3 is 2.40 bits per heavy atom. The molecule has 8 nitrogen and oxygen atoms in total. The van der Waals surface area contributed by atoms with E-state index in [9.17, 15) is 21.6 Å². The highest BCUT2D eigenvalue weighted by molar-refractivity contribution is 7.91. The number of sulfone groups is 1. The predicted octanol–water partition coefficient (Wildman–Crippen LogP) is -0.167. The summed E-state index contributed by atoms with van der Waals surface area (Å²) in [5, 5.41) is 8.17. The molecule has 1 aliphatic rings. The third-order valence-electron chi connectivity index (χ3n) is 2.93. The van der Waals surface area contributed by atoms with Crippen LogP contribution in [0.15, 0.2) is 21.6 Å². The van der Waals surface area contributed by atoms with Gasteiger partial charge in [-0.3, -0.25) is 0 Å². The number of carboxylic acid groups (broad SMARTS) is 1. The highest BCUT2D eigenvalue weighted by Crippen LogP contribution is 2.18. The first-order chi connectivity index (χ1) is 9.20. The minimum absolute atomic E-state index is 0.0707. The molecular formula is C10H13NO7S2. The molecule has 0 aliphatic carbocycles. The fraction of sp³-hybridized carbons (Fsp3) is 0.500. The van der Waals surface area contributed by atoms with E-state index in [2.05, 4.69) is 4.72 Å². The number of carboxylic acids is 1. The molecule has 0 spiro atoms. The second kappa shape index (κ2) is 5.19. The van der Waals surface area contributed by atoms with Crippen LogP contribution < -0.4 is 4.72 Å². The van der Waals surface area contributed by atoms with E-state index < -0.39 is 42.7 Å². The molecule has 1 aromatic rings. The summed E-state index contributed by atoms with van der Waals surface area (Å²) in [6, 6.07) is 1.59. The van der Waals surface area contributed by atoms with Crippen LogP contribution in [0.1, 0.15) is 23.4 Å². The van der Waals surface area contributed by atoms with Crippen LogP contribution in [0.4, 0.5) is 0 Å². The van der Waals surface area contributed by atoms with Gasteiger partial charge >= 0.3 is 5.97 Å². The smallest absolute Gasteiger partial charge is 0.371 e. The van der Waals surface area contributed by atoms with Crippen LogP contribution in [0.5, 0.6) is 0 Å². The first kappa shape index (κ1) is 15.0. The van der Waals surface area contributed by atoms with Gasteiger partial charge in [0.15, 0.2) is 0 Å². The van der Waals surface area contributed by atoms with Gasteiger partial charge in [-0.15, -0.1) is 0 Å². The van der Waals surface area contributed by atoms with E-state index in [1.807, 2.05) is 0 Å². The largest absolute Gasteiger partial charge is 0.475 e. The summed E-state index contributed by atoms with van der Waals surface area (Å²) in [5.41, 5.74) is 0. The van der Waals surface area contributed by atoms with E-state index in [1.165, 1.54) is 0 Å². The van der Waals surface area contributed by atoms with Gasteiger partial charge in [-0.25, -0.2) is 26.4 Å². The van der Waals surface area contributed by atoms with Gasteiger partial charge in [0.25, 0.3) is 10.0 Å². The van der Waals surface area contributed by atoms with Crippen LogP contribution in [0, 0.1) is 0 Å². The quantitative estimate of drug-likeness (QED) is 0.786. The van der Waals surface area contributed by atoms with Crippen molar-refractivity contribution in [3.63, 3.8) is 0 Å². The van der Waals surface area contributed by atoms with Gasteiger partial charge in [-0.05, 0) is 25.0 Å². The standard InChI is InChI=1S/C10H13NO7S2/c12-10(13)8-1-2-9(18-8)20(16,17)11-7-3-5-19(14,15)6-4-7/h1-2,7,11H,3-6H2,(H,12,13). The maximum atomic E-state index is 12.0. The van der Waals surface area contributed by atoms with Crippen molar-refractivity contribution in [1.82, 2.24) is 4.72 Å². The van der Waals surface area contributed by atoms with Crippen LogP contribution >= 0.6 is 0 Å². The molecule has 0 bridgehead atoms. The zero-order valence-corrected chi connectivity index (χ0v) is 11.9. The summed E-state index contributed by atoms with van der Waals surface area (Å²) in [4.78, 5) is 10.6. The molecule has 0 amide bonds. The lowest BCUT2D eigenvalue weighted by atomic mass is 10.2. The van der Waals surface area contributed by atoms with Crippen molar-refractivity contribution in [1.29, 1.82) is 0 Å². The van der Waals surface area contributed by atoms with Gasteiger partial charge in [0, 0.05) is 6.04 Å². The Morgan fingerprint density at radius 1 is 1.30 bits per heavy atom. The Bertz CT molecular complexity index is 703. The third kappa shape index (κ3) is 3.38. The van der Waals surface area contributed by atoms with E-state index in [-0.39, 0.29) is 24.3 Å². The average molecular weight is 323 g/mol. The molecule has 1 fully saturated rings. The number of hydrogen-bond acceptors (Lipinski definition) is 6. The number of furan rings is 1. The van der Waals surface area contributed by atoms with Gasteiger partial charge in [0.2, 0.25) is 10.9 Å². The summed E-state index contributed by atoms with van der Waals surface area (Å²) >= 11 is 0. The van der Waals surface area contributed by atoms with Crippen molar-refractivity contribution < 1.29 is 31.2 Å². The zero-order chi connectivity index (χ0) is 15.0. The maximum absolute atomic E-state index is 12.0. The summed E-state index contributed by atoms with van der Waals surface area (Å²) < 4.78 is 53.4. The number of sulfonamides is 1. The maximum Gasteiger partial charge on any atom is 0.371 e. The summed E-state index contributed by atoms with van der Waals surface area (Å²) in [5.74, 6) is -1.98. The minimum Gasteiger partial charge on any atom is -0.475 e. The Morgan fingerprint density at radius 2 is 1.90 bits per heavy atom. The summed E-state index contributed by atoms with van der Waals surface area (Å²) in [6.07, 6.45) is 0.377. The van der Waals surface area contributed by atoms with Gasteiger partial charge in [0.1, 0.15) is 9.84 Å². The molecular weight excluding hydrogens is 310 g/mol. The van der Waals surface area contributed by atoms with E-state index >= 15 is 0 Å². The molecule has 2 heterocycles. The molecule has 2 N–H and O–H groups in total. The first-order valence-electron chi connectivity index (χ1n) is 5.75. The van der Waals surface area contributed by atoms with Crippen molar-refractivity contribution in [3.8, 4) is 0 Å². The van der Waals surface area contributed by atoms with E-state index in [0.29, 0.717) is 0 Å². The van der Waals surface area contributed by atoms with Crippen LogP contribution in [-0.4, -0.2) is 45.5 Å². The van der Waals surface area contributed by atoms with E-state index in [1.54, 1.807) is 0 Å². The minimum atomic E-state index is -3.98. The predicted molar refractivity (Wildman–Crippen MR) is 67.7 cm³/mol. The molecule has 1 aliphatic heterocycles. The van der Waals surface area contributed by atoms with Gasteiger partial charge in [0.05, 0.1) is 11.5 Å². The van der Waals surface area contributed by atoms with Crippen molar-refractivity contribution >= 4 is 25.8 Å². The molecule has 20 heavy (non-hydrogen) atoms. The zero-order valence-electron chi connectivity index (χ0n) is 10.3. The number of aromatic carboxylic acids is 1. The highest BCUT2D eigenvalue weighted by atomic mass is 32.2. The monoisotopic (exact) mass is 323 g/mol. The molecule has 0 radical (unpaired) electrons. The lowest BCUT2D eigenvalue weighted by Crippen LogP contribution is -2.40. The molecule has 112 valence electrons. The highest BCUT2D eigenvalue weighted by Gasteiger charge is 2.29. The molecule has 0 unspecified atom stereocenters. The Hall–Kier alpha value is -1.39. The van der Waals surface area contributed by atoms with Crippen LogP contribution in [-0.2, 0) is 19.9 Å². The van der Waals surface area contributed by atoms with Crippen LogP contribution in [0.2, 0.25) is 0 Å². The first-order valence-corrected chi connectivity index (χ1v) is 9.06. The molecule has 2 rings (SSSR count). The second-order valence-corrected chi connectivity index (χ2v) is 8.42. The van der Waals surface area contributed by atoms with Crippen molar-refractivity contribution in [2.45, 2.75) is 24.0 Å². The molecule has 0 atom stereocenters. The van der Waals surface area contributed by atoms with Crippen LogP contribution in [0.25, 0.3) is 0 Å². The van der Waals surface area contributed by atoms with Gasteiger partial charge < -0.3 is 9.52 Å². The molecule has 10 heteroatoms. The molecule has 1 aromatic heterocycles. The fourth-order valence-corrected chi connectivity index (χ4v) is 4.59. The molecule has 0 aromatic carbocycles. The lowest BCUT2D eigenvalue weighted by Gasteiger charge is -2.22. The summed E-state index contributed by atoms with van der Waals surface area (Å²) in [7, 11) is -7.06. The number of carbonyl (C=O) groups is 1. The number of hydrogen-bond donors (Lipinski definition) is 2. The van der Waals surface area contributed by atoms with Crippen LogP contribution in [0.3, 0.4) is 0 Å². The Labute approximate surface area is 115 Å². The molecule has 1 saturated heterocycles.